The first-order chi connectivity index (χ1) is 9.08. The Bertz CT molecular complexity index is 525. The van der Waals surface area contributed by atoms with Crippen molar-refractivity contribution in [2.45, 2.75) is 18.6 Å². The number of hydrogen-bond donors (Lipinski definition) is 2. The van der Waals surface area contributed by atoms with Crippen molar-refractivity contribution in [1.82, 2.24) is 5.32 Å². The van der Waals surface area contributed by atoms with Crippen LogP contribution in [0.5, 0.6) is 0 Å². The van der Waals surface area contributed by atoms with Crippen LogP contribution in [0.2, 0.25) is 0 Å². The summed E-state index contributed by atoms with van der Waals surface area (Å²) in [7, 11) is 1.61. The number of benzene rings is 1. The maximum atomic E-state index is 11.8. The number of nitrogens with zero attached hydrogens (tertiary/aromatic N) is 1. The number of amidine groups is 1. The molecule has 0 saturated carbocycles. The summed E-state index contributed by atoms with van der Waals surface area (Å²) in [5.74, 6) is -0.335. The molecule has 1 saturated heterocycles. The maximum Gasteiger partial charge on any atom is 0.240 e. The highest BCUT2D eigenvalue weighted by Gasteiger charge is 2.31. The zero-order chi connectivity index (χ0) is 13.8. The minimum atomic E-state index is -0.399. The minimum Gasteiger partial charge on any atom is -0.326 e. The van der Waals surface area contributed by atoms with E-state index in [-0.39, 0.29) is 18.2 Å². The van der Waals surface area contributed by atoms with Crippen molar-refractivity contribution < 1.29 is 9.59 Å². The molecule has 0 aromatic heterocycles. The van der Waals surface area contributed by atoms with Gasteiger partial charge in [-0.15, -0.1) is 0 Å². The molecule has 6 heteroatoms. The van der Waals surface area contributed by atoms with Gasteiger partial charge in [0.1, 0.15) is 5.25 Å². The molecule has 1 aromatic rings. The molecule has 19 heavy (non-hydrogen) atoms. The van der Waals surface area contributed by atoms with Crippen molar-refractivity contribution in [3.63, 3.8) is 0 Å². The summed E-state index contributed by atoms with van der Waals surface area (Å²) in [4.78, 5) is 27.3. The van der Waals surface area contributed by atoms with Gasteiger partial charge in [-0.1, -0.05) is 29.5 Å². The van der Waals surface area contributed by atoms with Gasteiger partial charge in [-0.05, 0) is 19.1 Å². The van der Waals surface area contributed by atoms with Crippen LogP contribution in [0.1, 0.15) is 12.0 Å². The Labute approximate surface area is 115 Å². The molecular formula is C13H15N3O2S. The molecule has 0 bridgehead atoms. The number of anilines is 1. The van der Waals surface area contributed by atoms with Gasteiger partial charge in [-0.25, -0.2) is 0 Å². The molecule has 1 fully saturated rings. The van der Waals surface area contributed by atoms with E-state index in [2.05, 4.69) is 15.6 Å². The van der Waals surface area contributed by atoms with Gasteiger partial charge in [0.05, 0.1) is 0 Å². The van der Waals surface area contributed by atoms with E-state index in [0.29, 0.717) is 5.17 Å². The lowest BCUT2D eigenvalue weighted by atomic mass is 10.2. The van der Waals surface area contributed by atoms with Gasteiger partial charge in [0.2, 0.25) is 11.8 Å². The summed E-state index contributed by atoms with van der Waals surface area (Å²) in [5, 5.41) is 5.57. The maximum absolute atomic E-state index is 11.8. The van der Waals surface area contributed by atoms with E-state index in [1.807, 2.05) is 31.2 Å². The average Bonchev–Trinajstić information content (AvgIpc) is 2.73. The molecule has 0 unspecified atom stereocenters. The van der Waals surface area contributed by atoms with Crippen LogP contribution in [0.15, 0.2) is 29.3 Å². The normalized spacial score (nSPS) is 20.4. The SMILES string of the molecule is CN=C1NC(=O)[C@@H](CC(=O)Nc2ccc(C)cc2)S1. The third kappa shape index (κ3) is 3.57. The highest BCUT2D eigenvalue weighted by Crippen LogP contribution is 2.22. The highest BCUT2D eigenvalue weighted by atomic mass is 32.2. The second-order valence-electron chi connectivity index (χ2n) is 4.24. The molecule has 1 aliphatic heterocycles. The molecule has 1 atom stereocenters. The molecule has 0 spiro atoms. The number of amides is 2. The molecule has 1 aromatic carbocycles. The number of aliphatic imine (C=N–C) groups is 1. The van der Waals surface area contributed by atoms with E-state index in [1.54, 1.807) is 7.05 Å². The van der Waals surface area contributed by atoms with Crippen molar-refractivity contribution in [1.29, 1.82) is 0 Å². The van der Waals surface area contributed by atoms with Crippen LogP contribution in [0, 0.1) is 6.92 Å². The molecule has 5 nitrogen and oxygen atoms in total. The van der Waals surface area contributed by atoms with Crippen LogP contribution in [0.4, 0.5) is 5.69 Å². The lowest BCUT2D eigenvalue weighted by Crippen LogP contribution is -2.28. The van der Waals surface area contributed by atoms with Crippen LogP contribution >= 0.6 is 11.8 Å². The summed E-state index contributed by atoms with van der Waals surface area (Å²) in [6, 6.07) is 7.53. The second kappa shape index (κ2) is 5.88. The zero-order valence-electron chi connectivity index (χ0n) is 10.8. The Morgan fingerprint density at radius 3 is 2.68 bits per heavy atom. The minimum absolute atomic E-state index is 0.142. The Kier molecular flexibility index (Phi) is 4.21. The van der Waals surface area contributed by atoms with Gasteiger partial charge in [0.15, 0.2) is 5.17 Å². The van der Waals surface area contributed by atoms with Crippen LogP contribution in [-0.4, -0.2) is 29.3 Å². The zero-order valence-corrected chi connectivity index (χ0v) is 11.6. The van der Waals surface area contributed by atoms with E-state index < -0.39 is 5.25 Å². The summed E-state index contributed by atoms with van der Waals surface area (Å²) >= 11 is 1.29. The van der Waals surface area contributed by atoms with Gasteiger partial charge in [-0.3, -0.25) is 14.6 Å². The number of rotatable bonds is 3. The van der Waals surface area contributed by atoms with Gasteiger partial charge < -0.3 is 10.6 Å². The van der Waals surface area contributed by atoms with Gasteiger partial charge in [-0.2, -0.15) is 0 Å². The topological polar surface area (TPSA) is 70.6 Å². The lowest BCUT2D eigenvalue weighted by molar-refractivity contribution is -0.122. The van der Waals surface area contributed by atoms with Crippen molar-refractivity contribution in [2.24, 2.45) is 4.99 Å². The van der Waals surface area contributed by atoms with Crippen molar-refractivity contribution in [3.8, 4) is 0 Å². The predicted molar refractivity (Wildman–Crippen MR) is 77.3 cm³/mol. The summed E-state index contributed by atoms with van der Waals surface area (Å²) < 4.78 is 0. The van der Waals surface area contributed by atoms with Crippen LogP contribution in [0.3, 0.4) is 0 Å². The van der Waals surface area contributed by atoms with Crippen LogP contribution in [0.25, 0.3) is 0 Å². The molecule has 0 aliphatic carbocycles. The first-order valence-corrected chi connectivity index (χ1v) is 6.77. The van der Waals surface area contributed by atoms with E-state index in [4.69, 9.17) is 0 Å². The van der Waals surface area contributed by atoms with E-state index in [1.165, 1.54) is 11.8 Å². The molecule has 0 radical (unpaired) electrons. The number of carbonyl (C=O) groups is 2. The van der Waals surface area contributed by atoms with E-state index in [0.717, 1.165) is 11.3 Å². The number of aryl methyl sites for hydroxylation is 1. The average molecular weight is 277 g/mol. The number of nitrogens with one attached hydrogen (secondary N) is 2. The molecular weight excluding hydrogens is 262 g/mol. The number of hydrogen-bond acceptors (Lipinski definition) is 4. The predicted octanol–water partition coefficient (Wildman–Crippen LogP) is 1.54. The first-order valence-electron chi connectivity index (χ1n) is 5.89. The van der Waals surface area contributed by atoms with E-state index in [9.17, 15) is 9.59 Å². The molecule has 1 heterocycles. The largest absolute Gasteiger partial charge is 0.326 e. The van der Waals surface area contributed by atoms with Crippen LogP contribution in [-0.2, 0) is 9.59 Å². The first kappa shape index (κ1) is 13.6. The number of carbonyl (C=O) groups excluding carboxylic acids is 2. The van der Waals surface area contributed by atoms with Gasteiger partial charge >= 0.3 is 0 Å². The molecule has 2 rings (SSSR count). The lowest BCUT2D eigenvalue weighted by Gasteiger charge is -2.07. The monoisotopic (exact) mass is 277 g/mol. The molecule has 2 amide bonds. The van der Waals surface area contributed by atoms with Crippen LogP contribution < -0.4 is 10.6 Å². The Morgan fingerprint density at radius 2 is 2.11 bits per heavy atom. The fourth-order valence-corrected chi connectivity index (χ4v) is 2.60. The highest BCUT2D eigenvalue weighted by molar-refractivity contribution is 8.15. The molecule has 2 N–H and O–H groups in total. The second-order valence-corrected chi connectivity index (χ2v) is 5.43. The summed E-state index contributed by atoms with van der Waals surface area (Å²) in [6.45, 7) is 1.98. The fraction of sp³-hybridized carbons (Fsp3) is 0.308. The summed E-state index contributed by atoms with van der Waals surface area (Å²) in [6.07, 6.45) is 0.142. The fourth-order valence-electron chi connectivity index (χ4n) is 1.66. The van der Waals surface area contributed by atoms with Gasteiger partial charge in [0.25, 0.3) is 0 Å². The van der Waals surface area contributed by atoms with Crippen molar-refractivity contribution in [3.05, 3.63) is 29.8 Å². The number of thioether (sulfide) groups is 1. The smallest absolute Gasteiger partial charge is 0.240 e. The van der Waals surface area contributed by atoms with Gasteiger partial charge in [0, 0.05) is 19.2 Å². The third-order valence-corrected chi connectivity index (χ3v) is 3.86. The standard InChI is InChI=1S/C13H15N3O2S/c1-8-3-5-9(6-4-8)15-11(17)7-10-12(18)16-13(14-2)19-10/h3-6,10H,7H2,1-2H3,(H,15,17)(H,14,16,18)/t10-/m1/s1. The quantitative estimate of drug-likeness (QED) is 0.880. The molecule has 100 valence electrons. The molecule has 1 aliphatic rings. The Balaban J connectivity index is 1.91. The third-order valence-electron chi connectivity index (χ3n) is 2.69. The van der Waals surface area contributed by atoms with Crippen molar-refractivity contribution >= 4 is 34.4 Å². The summed E-state index contributed by atoms with van der Waals surface area (Å²) in [5.41, 5.74) is 1.87. The van der Waals surface area contributed by atoms with E-state index >= 15 is 0 Å². The Morgan fingerprint density at radius 1 is 1.42 bits per heavy atom. The Hall–Kier alpha value is -1.82. The van der Waals surface area contributed by atoms with Crippen molar-refractivity contribution in [2.75, 3.05) is 12.4 Å².